The van der Waals surface area contributed by atoms with Crippen molar-refractivity contribution in [2.75, 3.05) is 26.2 Å². The van der Waals surface area contributed by atoms with E-state index >= 15 is 0 Å². The maximum absolute atomic E-state index is 13.0. The van der Waals surface area contributed by atoms with Crippen LogP contribution in [0.1, 0.15) is 27.0 Å². The quantitative estimate of drug-likeness (QED) is 0.540. The molecule has 34 heavy (non-hydrogen) atoms. The minimum absolute atomic E-state index is 0.113. The average Bonchev–Trinajstić information content (AvgIpc) is 2.77. The number of benzene rings is 3. The standard InChI is InChI=1S/C24H23F3N2O4S/c25-24(26,27)22-7-2-17(3-8-22)15-28-9-11-29(12-10-28)23(30)21-6-5-19-13-18(16-34(31,32)33)1-4-20(19)14-21/h1-8,13-14H,9-12,15-16H2,(H,31,32,33). The van der Waals surface area contributed by atoms with Crippen LogP contribution in [-0.2, 0) is 28.6 Å². The van der Waals surface area contributed by atoms with Gasteiger partial charge in [-0.2, -0.15) is 21.6 Å². The van der Waals surface area contributed by atoms with E-state index in [1.54, 1.807) is 41.3 Å². The second kappa shape index (κ2) is 9.36. The maximum Gasteiger partial charge on any atom is 0.416 e. The van der Waals surface area contributed by atoms with E-state index in [2.05, 4.69) is 4.90 Å². The third-order valence-corrected chi connectivity index (χ3v) is 6.55. The third kappa shape index (κ3) is 5.94. The molecule has 1 aliphatic rings. The SMILES string of the molecule is O=C(c1ccc2cc(CS(=O)(=O)O)ccc2c1)N1CCN(Cc2ccc(C(F)(F)F)cc2)CC1. The van der Waals surface area contributed by atoms with E-state index in [1.807, 2.05) is 0 Å². The van der Waals surface area contributed by atoms with Crippen molar-refractivity contribution in [2.45, 2.75) is 18.5 Å². The summed E-state index contributed by atoms with van der Waals surface area (Å²) in [6, 6.07) is 15.3. The van der Waals surface area contributed by atoms with Crippen molar-refractivity contribution in [1.82, 2.24) is 9.80 Å². The second-order valence-corrected chi connectivity index (χ2v) is 9.84. The Labute approximate surface area is 195 Å². The monoisotopic (exact) mass is 492 g/mol. The molecule has 0 spiro atoms. The fourth-order valence-electron chi connectivity index (χ4n) is 4.08. The molecule has 4 rings (SSSR count). The minimum Gasteiger partial charge on any atom is -0.336 e. The first kappa shape index (κ1) is 24.2. The Bertz CT molecular complexity index is 1300. The summed E-state index contributed by atoms with van der Waals surface area (Å²) in [5.41, 5.74) is 1.09. The molecule has 1 aliphatic heterocycles. The number of fused-ring (bicyclic) bond motifs is 1. The zero-order valence-electron chi connectivity index (χ0n) is 18.1. The van der Waals surface area contributed by atoms with Gasteiger partial charge in [-0.25, -0.2) is 0 Å². The number of carbonyl (C=O) groups excluding carboxylic acids is 1. The largest absolute Gasteiger partial charge is 0.416 e. The summed E-state index contributed by atoms with van der Waals surface area (Å²) in [6.45, 7) is 2.75. The summed E-state index contributed by atoms with van der Waals surface area (Å²) in [5, 5.41) is 1.55. The number of hydrogen-bond donors (Lipinski definition) is 1. The second-order valence-electron chi connectivity index (χ2n) is 8.39. The Morgan fingerprint density at radius 1 is 0.853 bits per heavy atom. The van der Waals surface area contributed by atoms with Gasteiger partial charge in [0.2, 0.25) is 0 Å². The molecular weight excluding hydrogens is 469 g/mol. The molecule has 0 radical (unpaired) electrons. The van der Waals surface area contributed by atoms with E-state index in [9.17, 15) is 26.4 Å². The van der Waals surface area contributed by atoms with Crippen LogP contribution in [0.25, 0.3) is 10.8 Å². The Hall–Kier alpha value is -2.95. The summed E-state index contributed by atoms with van der Waals surface area (Å²) in [7, 11) is -4.12. The van der Waals surface area contributed by atoms with Crippen LogP contribution in [0.15, 0.2) is 60.7 Å². The molecular formula is C24H23F3N2O4S. The van der Waals surface area contributed by atoms with E-state index in [4.69, 9.17) is 4.55 Å². The molecule has 0 unspecified atom stereocenters. The zero-order chi connectivity index (χ0) is 24.5. The Morgan fingerprint density at radius 3 is 2.06 bits per heavy atom. The summed E-state index contributed by atoms with van der Waals surface area (Å²) < 4.78 is 69.4. The van der Waals surface area contributed by atoms with Gasteiger partial charge in [0, 0.05) is 38.3 Å². The smallest absolute Gasteiger partial charge is 0.336 e. The first-order valence-electron chi connectivity index (χ1n) is 10.6. The number of hydrogen-bond acceptors (Lipinski definition) is 4. The van der Waals surface area contributed by atoms with Gasteiger partial charge in [0.15, 0.2) is 0 Å². The molecule has 1 fully saturated rings. The van der Waals surface area contributed by atoms with Gasteiger partial charge in [-0.3, -0.25) is 14.2 Å². The molecule has 0 saturated carbocycles. The number of piperazine rings is 1. The van der Waals surface area contributed by atoms with Gasteiger partial charge >= 0.3 is 6.18 Å². The summed E-state index contributed by atoms with van der Waals surface area (Å²) in [6.07, 6.45) is -4.35. The van der Waals surface area contributed by atoms with Crippen LogP contribution < -0.4 is 0 Å². The maximum atomic E-state index is 13.0. The molecule has 1 amide bonds. The van der Waals surface area contributed by atoms with E-state index in [-0.39, 0.29) is 5.91 Å². The van der Waals surface area contributed by atoms with Crippen molar-refractivity contribution in [3.63, 3.8) is 0 Å². The van der Waals surface area contributed by atoms with Crippen LogP contribution in [0, 0.1) is 0 Å². The van der Waals surface area contributed by atoms with Gasteiger partial charge in [-0.05, 0) is 46.2 Å². The first-order chi connectivity index (χ1) is 16.0. The number of alkyl halides is 3. The first-order valence-corrected chi connectivity index (χ1v) is 12.2. The van der Waals surface area contributed by atoms with Crippen LogP contribution in [0.3, 0.4) is 0 Å². The zero-order valence-corrected chi connectivity index (χ0v) is 18.9. The van der Waals surface area contributed by atoms with E-state index in [0.29, 0.717) is 43.9 Å². The summed E-state index contributed by atoms with van der Waals surface area (Å²) in [4.78, 5) is 16.8. The number of amides is 1. The lowest BCUT2D eigenvalue weighted by Crippen LogP contribution is -2.48. The van der Waals surface area contributed by atoms with Gasteiger partial charge in [-0.1, -0.05) is 36.4 Å². The van der Waals surface area contributed by atoms with Crippen molar-refractivity contribution in [2.24, 2.45) is 0 Å². The predicted molar refractivity (Wildman–Crippen MR) is 122 cm³/mol. The fourth-order valence-corrected chi connectivity index (χ4v) is 4.68. The van der Waals surface area contributed by atoms with Gasteiger partial charge in [0.25, 0.3) is 16.0 Å². The van der Waals surface area contributed by atoms with Crippen LogP contribution in [0.2, 0.25) is 0 Å². The summed E-state index contributed by atoms with van der Waals surface area (Å²) >= 11 is 0. The Kier molecular flexibility index (Phi) is 6.66. The number of rotatable bonds is 5. The number of nitrogens with zero attached hydrogens (tertiary/aromatic N) is 2. The molecule has 6 nitrogen and oxygen atoms in total. The van der Waals surface area contributed by atoms with Crippen molar-refractivity contribution in [3.05, 3.63) is 82.9 Å². The molecule has 1 heterocycles. The van der Waals surface area contributed by atoms with Gasteiger partial charge in [-0.15, -0.1) is 0 Å². The van der Waals surface area contributed by atoms with Gasteiger partial charge in [0.05, 0.1) is 5.56 Å². The highest BCUT2D eigenvalue weighted by Gasteiger charge is 2.30. The van der Waals surface area contributed by atoms with Crippen LogP contribution in [0.4, 0.5) is 13.2 Å². The van der Waals surface area contributed by atoms with Gasteiger partial charge in [0.1, 0.15) is 5.75 Å². The van der Waals surface area contributed by atoms with Gasteiger partial charge < -0.3 is 4.90 Å². The normalized spacial score (nSPS) is 15.6. The molecule has 0 atom stereocenters. The third-order valence-electron chi connectivity index (χ3n) is 5.85. The Balaban J connectivity index is 1.36. The van der Waals surface area contributed by atoms with Crippen molar-refractivity contribution in [1.29, 1.82) is 0 Å². The summed E-state index contributed by atoms with van der Waals surface area (Å²) in [5.74, 6) is -0.585. The predicted octanol–water partition coefficient (Wildman–Crippen LogP) is 4.20. The lowest BCUT2D eigenvalue weighted by Gasteiger charge is -2.35. The molecule has 0 aliphatic carbocycles. The minimum atomic E-state index is -4.35. The van der Waals surface area contributed by atoms with E-state index in [1.165, 1.54) is 12.1 Å². The van der Waals surface area contributed by atoms with E-state index < -0.39 is 27.6 Å². The lowest BCUT2D eigenvalue weighted by molar-refractivity contribution is -0.137. The Morgan fingerprint density at radius 2 is 1.44 bits per heavy atom. The molecule has 0 bridgehead atoms. The van der Waals surface area contributed by atoms with Crippen molar-refractivity contribution in [3.8, 4) is 0 Å². The van der Waals surface area contributed by atoms with Crippen molar-refractivity contribution < 1.29 is 30.9 Å². The molecule has 10 heteroatoms. The van der Waals surface area contributed by atoms with E-state index in [0.717, 1.165) is 28.5 Å². The highest BCUT2D eigenvalue weighted by Crippen LogP contribution is 2.29. The molecule has 180 valence electrons. The molecule has 1 saturated heterocycles. The van der Waals surface area contributed by atoms with Crippen molar-refractivity contribution >= 4 is 26.8 Å². The molecule has 1 N–H and O–H groups in total. The highest BCUT2D eigenvalue weighted by molar-refractivity contribution is 7.85. The average molecular weight is 493 g/mol. The number of carbonyl (C=O) groups is 1. The molecule has 0 aromatic heterocycles. The van der Waals surface area contributed by atoms with Crippen LogP contribution >= 0.6 is 0 Å². The topological polar surface area (TPSA) is 77.9 Å². The number of halogens is 3. The molecule has 3 aromatic rings. The lowest BCUT2D eigenvalue weighted by atomic mass is 10.0. The molecule has 3 aromatic carbocycles. The van der Waals surface area contributed by atoms with Crippen LogP contribution in [-0.4, -0.2) is 54.9 Å². The highest BCUT2D eigenvalue weighted by atomic mass is 32.2. The van der Waals surface area contributed by atoms with Crippen LogP contribution in [0.5, 0.6) is 0 Å². The fraction of sp³-hybridized carbons (Fsp3) is 0.292.